The molecule has 0 amide bonds. The lowest BCUT2D eigenvalue weighted by Gasteiger charge is -2.05. The molecule has 0 saturated heterocycles. The van der Waals surface area contributed by atoms with Gasteiger partial charge in [-0.05, 0) is 25.1 Å². The van der Waals surface area contributed by atoms with Gasteiger partial charge in [-0.25, -0.2) is 0 Å². The average molecular weight is 310 g/mol. The average Bonchev–Trinajstić information content (AvgIpc) is 2.81. The number of aromatic nitrogens is 2. The van der Waals surface area contributed by atoms with Crippen molar-refractivity contribution in [3.05, 3.63) is 46.0 Å². The topological polar surface area (TPSA) is 51.0 Å². The molecule has 2 aromatic rings. The second kappa shape index (κ2) is 6.11. The number of hydrogen-bond donors (Lipinski definition) is 1. The Bertz CT molecular complexity index is 512. The lowest BCUT2D eigenvalue weighted by Crippen LogP contribution is -2.17. The Morgan fingerprint density at radius 2 is 2.17 bits per heavy atom. The van der Waals surface area contributed by atoms with E-state index in [1.165, 1.54) is 0 Å². The molecular formula is C13H16BrN3O. The highest BCUT2D eigenvalue weighted by atomic mass is 79.9. The van der Waals surface area contributed by atoms with E-state index in [2.05, 4.69) is 38.3 Å². The van der Waals surface area contributed by atoms with Crippen molar-refractivity contribution in [1.82, 2.24) is 15.5 Å². The summed E-state index contributed by atoms with van der Waals surface area (Å²) >= 11 is 3.52. The van der Waals surface area contributed by atoms with Gasteiger partial charge in [0.1, 0.15) is 0 Å². The van der Waals surface area contributed by atoms with Gasteiger partial charge < -0.3 is 9.84 Å². The van der Waals surface area contributed by atoms with Crippen LogP contribution in [-0.4, -0.2) is 16.7 Å². The second-order valence-corrected chi connectivity index (χ2v) is 4.95. The quantitative estimate of drug-likeness (QED) is 0.922. The van der Waals surface area contributed by atoms with Gasteiger partial charge in [-0.2, -0.15) is 4.98 Å². The third kappa shape index (κ3) is 3.17. The van der Waals surface area contributed by atoms with Crippen LogP contribution in [0.1, 0.15) is 37.2 Å². The number of hydrogen-bond acceptors (Lipinski definition) is 4. The Morgan fingerprint density at radius 3 is 2.89 bits per heavy atom. The second-order valence-electron chi connectivity index (χ2n) is 4.10. The zero-order valence-electron chi connectivity index (χ0n) is 10.5. The van der Waals surface area contributed by atoms with E-state index in [4.69, 9.17) is 4.52 Å². The van der Waals surface area contributed by atoms with E-state index in [1.54, 1.807) is 0 Å². The first-order valence-corrected chi connectivity index (χ1v) is 6.79. The number of rotatable bonds is 5. The fourth-order valence-electron chi connectivity index (χ4n) is 1.72. The normalized spacial score (nSPS) is 12.6. The maximum absolute atomic E-state index is 5.25. The number of halogens is 1. The Kier molecular flexibility index (Phi) is 4.49. The number of nitrogens with one attached hydrogen (secondary N) is 1. The van der Waals surface area contributed by atoms with Crippen LogP contribution in [-0.2, 0) is 6.42 Å². The summed E-state index contributed by atoms with van der Waals surface area (Å²) in [6.45, 7) is 4.94. The van der Waals surface area contributed by atoms with Crippen LogP contribution in [0.4, 0.5) is 0 Å². The molecule has 18 heavy (non-hydrogen) atoms. The van der Waals surface area contributed by atoms with Crippen molar-refractivity contribution in [2.75, 3.05) is 6.54 Å². The van der Waals surface area contributed by atoms with Gasteiger partial charge in [0.2, 0.25) is 5.89 Å². The van der Waals surface area contributed by atoms with Crippen LogP contribution in [0.15, 0.2) is 33.3 Å². The summed E-state index contributed by atoms with van der Waals surface area (Å²) in [5, 5.41) is 7.25. The van der Waals surface area contributed by atoms with Crippen molar-refractivity contribution in [3.63, 3.8) is 0 Å². The summed E-state index contributed by atoms with van der Waals surface area (Å²) in [6.07, 6.45) is 0.670. The minimum Gasteiger partial charge on any atom is -0.338 e. The molecule has 1 aromatic heterocycles. The standard InChI is InChI=1S/C13H16BrN3O/c1-3-15-9(2)13-16-12(17-18-13)8-10-6-4-5-7-11(10)14/h4-7,9,15H,3,8H2,1-2H3. The molecule has 1 heterocycles. The predicted molar refractivity (Wildman–Crippen MR) is 73.3 cm³/mol. The summed E-state index contributed by atoms with van der Waals surface area (Å²) in [4.78, 5) is 4.40. The van der Waals surface area contributed by atoms with Crippen molar-refractivity contribution in [2.45, 2.75) is 26.3 Å². The van der Waals surface area contributed by atoms with Gasteiger partial charge in [-0.15, -0.1) is 0 Å². The fourth-order valence-corrected chi connectivity index (χ4v) is 2.15. The van der Waals surface area contributed by atoms with E-state index >= 15 is 0 Å². The van der Waals surface area contributed by atoms with Gasteiger partial charge >= 0.3 is 0 Å². The maximum atomic E-state index is 5.25. The van der Waals surface area contributed by atoms with Crippen molar-refractivity contribution in [1.29, 1.82) is 0 Å². The highest BCUT2D eigenvalue weighted by molar-refractivity contribution is 9.10. The lowest BCUT2D eigenvalue weighted by molar-refractivity contribution is 0.339. The zero-order valence-corrected chi connectivity index (χ0v) is 12.1. The minimum atomic E-state index is 0.0930. The zero-order chi connectivity index (χ0) is 13.0. The van der Waals surface area contributed by atoms with Gasteiger partial charge in [0.05, 0.1) is 6.04 Å². The van der Waals surface area contributed by atoms with Gasteiger partial charge in [-0.1, -0.05) is 46.2 Å². The third-order valence-corrected chi connectivity index (χ3v) is 3.44. The molecular weight excluding hydrogens is 294 g/mol. The Balaban J connectivity index is 2.09. The van der Waals surface area contributed by atoms with Gasteiger partial charge in [0, 0.05) is 10.9 Å². The van der Waals surface area contributed by atoms with E-state index in [0.29, 0.717) is 18.1 Å². The molecule has 0 radical (unpaired) electrons. The first-order chi connectivity index (χ1) is 8.70. The molecule has 0 aliphatic rings. The first-order valence-electron chi connectivity index (χ1n) is 6.00. The smallest absolute Gasteiger partial charge is 0.243 e. The molecule has 0 fully saturated rings. The van der Waals surface area contributed by atoms with E-state index in [0.717, 1.165) is 16.6 Å². The predicted octanol–water partition coefficient (Wildman–Crippen LogP) is 3.09. The molecule has 4 nitrogen and oxygen atoms in total. The monoisotopic (exact) mass is 309 g/mol. The molecule has 0 spiro atoms. The third-order valence-electron chi connectivity index (χ3n) is 2.67. The van der Waals surface area contributed by atoms with Crippen LogP contribution in [0.3, 0.4) is 0 Å². The summed E-state index contributed by atoms with van der Waals surface area (Å²) in [7, 11) is 0. The van der Waals surface area contributed by atoms with E-state index in [-0.39, 0.29) is 6.04 Å². The molecule has 1 aromatic carbocycles. The summed E-state index contributed by atoms with van der Waals surface area (Å²) in [6, 6.07) is 8.14. The van der Waals surface area contributed by atoms with E-state index in [9.17, 15) is 0 Å². The van der Waals surface area contributed by atoms with Gasteiger partial charge in [0.25, 0.3) is 0 Å². The molecule has 0 bridgehead atoms. The number of nitrogens with zero attached hydrogens (tertiary/aromatic N) is 2. The van der Waals surface area contributed by atoms with Crippen molar-refractivity contribution < 1.29 is 4.52 Å². The van der Waals surface area contributed by atoms with Crippen LogP contribution in [0, 0.1) is 0 Å². The van der Waals surface area contributed by atoms with E-state index in [1.807, 2.05) is 31.2 Å². The Hall–Kier alpha value is -1.20. The molecule has 5 heteroatoms. The molecule has 0 saturated carbocycles. The maximum Gasteiger partial charge on any atom is 0.243 e. The molecule has 0 aliphatic carbocycles. The number of benzene rings is 1. The highest BCUT2D eigenvalue weighted by Crippen LogP contribution is 2.19. The summed E-state index contributed by atoms with van der Waals surface area (Å²) < 4.78 is 6.32. The fraction of sp³-hybridized carbons (Fsp3) is 0.385. The van der Waals surface area contributed by atoms with Crippen LogP contribution in [0.5, 0.6) is 0 Å². The van der Waals surface area contributed by atoms with Crippen LogP contribution in [0.25, 0.3) is 0 Å². The Labute approximate surface area is 115 Å². The van der Waals surface area contributed by atoms with Gasteiger partial charge in [0.15, 0.2) is 5.82 Å². The molecule has 1 unspecified atom stereocenters. The minimum absolute atomic E-state index is 0.0930. The molecule has 96 valence electrons. The molecule has 2 rings (SSSR count). The molecule has 1 N–H and O–H groups in total. The Morgan fingerprint density at radius 1 is 1.39 bits per heavy atom. The van der Waals surface area contributed by atoms with Crippen molar-refractivity contribution in [3.8, 4) is 0 Å². The SMILES string of the molecule is CCNC(C)c1nc(Cc2ccccc2Br)no1. The lowest BCUT2D eigenvalue weighted by atomic mass is 10.1. The van der Waals surface area contributed by atoms with Crippen LogP contribution < -0.4 is 5.32 Å². The van der Waals surface area contributed by atoms with Gasteiger partial charge in [-0.3, -0.25) is 0 Å². The highest BCUT2D eigenvalue weighted by Gasteiger charge is 2.13. The first kappa shape index (κ1) is 13.2. The van der Waals surface area contributed by atoms with Crippen molar-refractivity contribution in [2.24, 2.45) is 0 Å². The van der Waals surface area contributed by atoms with Crippen LogP contribution >= 0.6 is 15.9 Å². The summed E-state index contributed by atoms with van der Waals surface area (Å²) in [5.41, 5.74) is 1.15. The summed E-state index contributed by atoms with van der Waals surface area (Å²) in [5.74, 6) is 1.35. The largest absolute Gasteiger partial charge is 0.338 e. The van der Waals surface area contributed by atoms with Crippen molar-refractivity contribution >= 4 is 15.9 Å². The van der Waals surface area contributed by atoms with Crippen LogP contribution in [0.2, 0.25) is 0 Å². The van der Waals surface area contributed by atoms with E-state index < -0.39 is 0 Å². The molecule has 1 atom stereocenters. The molecule has 0 aliphatic heterocycles.